The minimum Gasteiger partial charge on any atom is -0.454 e. The Bertz CT molecular complexity index is 1020. The first kappa shape index (κ1) is 20.9. The molecule has 0 unspecified atom stereocenters. The van der Waals surface area contributed by atoms with E-state index in [1.54, 1.807) is 18.2 Å². The van der Waals surface area contributed by atoms with Crippen molar-refractivity contribution in [1.29, 1.82) is 5.26 Å². The van der Waals surface area contributed by atoms with E-state index in [4.69, 9.17) is 14.2 Å². The van der Waals surface area contributed by atoms with E-state index in [0.29, 0.717) is 28.7 Å². The number of benzene rings is 2. The maximum atomic E-state index is 12.4. The molecule has 1 N–H and O–H groups in total. The Kier molecular flexibility index (Phi) is 6.38. The van der Waals surface area contributed by atoms with Crippen LogP contribution in [0.3, 0.4) is 0 Å². The maximum Gasteiger partial charge on any atom is 0.349 e. The number of fused-ring (bicyclic) bond motifs is 1. The Hall–Kier alpha value is -3.79. The van der Waals surface area contributed by atoms with Gasteiger partial charge in [-0.25, -0.2) is 4.79 Å². The van der Waals surface area contributed by atoms with E-state index in [1.807, 2.05) is 30.3 Å². The van der Waals surface area contributed by atoms with Gasteiger partial charge < -0.3 is 19.5 Å². The molecule has 30 heavy (non-hydrogen) atoms. The number of nitriles is 1. The highest BCUT2D eigenvalue weighted by Gasteiger charge is 2.22. The number of hydrogen-bond donors (Lipinski definition) is 1. The smallest absolute Gasteiger partial charge is 0.349 e. The van der Waals surface area contributed by atoms with Gasteiger partial charge in [0.2, 0.25) is 6.79 Å². The van der Waals surface area contributed by atoms with Crippen LogP contribution in [-0.2, 0) is 14.3 Å². The first-order valence-electron chi connectivity index (χ1n) is 9.50. The van der Waals surface area contributed by atoms with Crippen molar-refractivity contribution >= 4 is 23.6 Å². The summed E-state index contributed by atoms with van der Waals surface area (Å²) in [5, 5.41) is 12.0. The zero-order valence-corrected chi connectivity index (χ0v) is 17.0. The summed E-state index contributed by atoms with van der Waals surface area (Å²) in [6, 6.07) is 14.3. The molecule has 0 aliphatic carbocycles. The minimum atomic E-state index is -1.09. The Morgan fingerprint density at radius 2 is 1.80 bits per heavy atom. The molecule has 1 aliphatic heterocycles. The number of nitrogens with one attached hydrogen (secondary N) is 1. The van der Waals surface area contributed by atoms with Crippen molar-refractivity contribution in [3.63, 3.8) is 0 Å². The Morgan fingerprint density at radius 3 is 2.47 bits per heavy atom. The first-order valence-corrected chi connectivity index (χ1v) is 9.50. The van der Waals surface area contributed by atoms with Crippen LogP contribution in [-0.4, -0.2) is 24.8 Å². The predicted molar refractivity (Wildman–Crippen MR) is 111 cm³/mol. The molecule has 7 nitrogen and oxygen atoms in total. The Balaban J connectivity index is 1.62. The molecule has 0 bridgehead atoms. The van der Waals surface area contributed by atoms with Crippen LogP contribution >= 0.6 is 0 Å². The van der Waals surface area contributed by atoms with E-state index in [0.717, 1.165) is 5.56 Å². The van der Waals surface area contributed by atoms with Crippen LogP contribution in [0.5, 0.6) is 11.5 Å². The predicted octanol–water partition coefficient (Wildman–Crippen LogP) is 4.02. The van der Waals surface area contributed by atoms with Crippen molar-refractivity contribution in [2.75, 3.05) is 12.1 Å². The summed E-state index contributed by atoms with van der Waals surface area (Å²) in [6.07, 6.45) is 0.345. The van der Waals surface area contributed by atoms with Gasteiger partial charge in [0.05, 0.1) is 0 Å². The topological polar surface area (TPSA) is 97.7 Å². The Labute approximate surface area is 174 Å². The van der Waals surface area contributed by atoms with Gasteiger partial charge >= 0.3 is 5.97 Å². The van der Waals surface area contributed by atoms with Crippen molar-refractivity contribution in [3.05, 3.63) is 59.2 Å². The summed E-state index contributed by atoms with van der Waals surface area (Å²) in [4.78, 5) is 24.7. The van der Waals surface area contributed by atoms with Gasteiger partial charge in [0, 0.05) is 11.8 Å². The summed E-state index contributed by atoms with van der Waals surface area (Å²) in [5.41, 5.74) is 2.15. The van der Waals surface area contributed by atoms with Gasteiger partial charge in [0.25, 0.3) is 5.91 Å². The highest BCUT2D eigenvalue weighted by Crippen LogP contribution is 2.34. The molecular weight excluding hydrogens is 384 g/mol. The SMILES string of the molecule is CC(C)c1ccc(/C=C(\C#N)C(=O)O[C@H](C)C(=O)Nc2ccc3c(c2)OCO3)cc1. The fourth-order valence-electron chi connectivity index (χ4n) is 2.78. The normalized spacial score (nSPS) is 13.5. The lowest BCUT2D eigenvalue weighted by Gasteiger charge is -2.13. The van der Waals surface area contributed by atoms with Crippen LogP contribution < -0.4 is 14.8 Å². The van der Waals surface area contributed by atoms with Crippen LogP contribution in [0.15, 0.2) is 48.0 Å². The minimum absolute atomic E-state index is 0.129. The molecule has 0 radical (unpaired) electrons. The van der Waals surface area contributed by atoms with Gasteiger partial charge in [-0.2, -0.15) is 5.26 Å². The molecule has 2 aromatic carbocycles. The highest BCUT2D eigenvalue weighted by molar-refractivity contribution is 6.01. The number of carbonyl (C=O) groups is 2. The zero-order chi connectivity index (χ0) is 21.7. The second-order valence-corrected chi connectivity index (χ2v) is 7.10. The number of rotatable bonds is 6. The first-order chi connectivity index (χ1) is 14.4. The lowest BCUT2D eigenvalue weighted by atomic mass is 10.0. The molecule has 0 spiro atoms. The zero-order valence-electron chi connectivity index (χ0n) is 17.0. The molecule has 1 heterocycles. The second-order valence-electron chi connectivity index (χ2n) is 7.10. The number of anilines is 1. The molecule has 1 aliphatic rings. The monoisotopic (exact) mass is 406 g/mol. The highest BCUT2D eigenvalue weighted by atomic mass is 16.7. The largest absolute Gasteiger partial charge is 0.454 e. The van der Waals surface area contributed by atoms with Crippen molar-refractivity contribution in [2.45, 2.75) is 32.8 Å². The lowest BCUT2D eigenvalue weighted by Crippen LogP contribution is -2.30. The standard InChI is InChI=1S/C23H22N2O5/c1-14(2)17-6-4-16(5-7-17)10-18(12-24)23(27)30-15(3)22(26)25-19-8-9-20-21(11-19)29-13-28-20/h4-11,14-15H,13H2,1-3H3,(H,25,26)/b18-10+/t15-/m1/s1. The second kappa shape index (κ2) is 9.14. The maximum absolute atomic E-state index is 12.4. The summed E-state index contributed by atoms with van der Waals surface area (Å²) in [5.74, 6) is 0.112. The number of carbonyl (C=O) groups excluding carboxylic acids is 2. The van der Waals surface area contributed by atoms with E-state index in [9.17, 15) is 14.9 Å². The number of hydrogen-bond acceptors (Lipinski definition) is 6. The molecular formula is C23H22N2O5. The van der Waals surface area contributed by atoms with Crippen molar-refractivity contribution in [3.8, 4) is 17.6 Å². The summed E-state index contributed by atoms with van der Waals surface area (Å²) >= 11 is 0. The average Bonchev–Trinajstić information content (AvgIpc) is 3.20. The van der Waals surface area contributed by atoms with Gasteiger partial charge in [0.15, 0.2) is 17.6 Å². The summed E-state index contributed by atoms with van der Waals surface area (Å²) in [7, 11) is 0. The van der Waals surface area contributed by atoms with E-state index in [2.05, 4.69) is 19.2 Å². The lowest BCUT2D eigenvalue weighted by molar-refractivity contribution is -0.148. The third kappa shape index (κ3) is 4.97. The third-order valence-electron chi connectivity index (χ3n) is 4.55. The number of nitrogens with zero attached hydrogens (tertiary/aromatic N) is 1. The molecule has 3 rings (SSSR count). The van der Waals surface area contributed by atoms with Gasteiger partial charge in [-0.05, 0) is 42.2 Å². The average molecular weight is 406 g/mol. The van der Waals surface area contributed by atoms with E-state index < -0.39 is 18.0 Å². The van der Waals surface area contributed by atoms with Crippen molar-refractivity contribution < 1.29 is 23.8 Å². The van der Waals surface area contributed by atoms with Crippen molar-refractivity contribution in [2.24, 2.45) is 0 Å². The fraction of sp³-hybridized carbons (Fsp3) is 0.261. The number of amides is 1. The van der Waals surface area contributed by atoms with Gasteiger partial charge in [-0.1, -0.05) is 38.1 Å². The molecule has 154 valence electrons. The molecule has 1 amide bonds. The van der Waals surface area contributed by atoms with Gasteiger partial charge in [-0.15, -0.1) is 0 Å². The van der Waals surface area contributed by atoms with Crippen LogP contribution in [0, 0.1) is 11.3 Å². The summed E-state index contributed by atoms with van der Waals surface area (Å²) in [6.45, 7) is 5.73. The summed E-state index contributed by atoms with van der Waals surface area (Å²) < 4.78 is 15.7. The molecule has 0 saturated heterocycles. The van der Waals surface area contributed by atoms with E-state index >= 15 is 0 Å². The molecule has 0 aromatic heterocycles. The molecule has 0 saturated carbocycles. The molecule has 2 aromatic rings. The van der Waals surface area contributed by atoms with Gasteiger partial charge in [0.1, 0.15) is 11.6 Å². The van der Waals surface area contributed by atoms with Gasteiger partial charge in [-0.3, -0.25) is 4.79 Å². The Morgan fingerprint density at radius 1 is 1.10 bits per heavy atom. The van der Waals surface area contributed by atoms with Crippen molar-refractivity contribution in [1.82, 2.24) is 0 Å². The fourth-order valence-corrected chi connectivity index (χ4v) is 2.78. The number of ether oxygens (including phenoxy) is 3. The van der Waals surface area contributed by atoms with E-state index in [-0.39, 0.29) is 12.4 Å². The van der Waals surface area contributed by atoms with Crippen LogP contribution in [0.2, 0.25) is 0 Å². The molecule has 1 atom stereocenters. The number of esters is 1. The molecule has 0 fully saturated rings. The molecule has 7 heteroatoms. The third-order valence-corrected chi connectivity index (χ3v) is 4.55. The van der Waals surface area contributed by atoms with E-state index in [1.165, 1.54) is 13.0 Å². The van der Waals surface area contributed by atoms with Crippen LogP contribution in [0.4, 0.5) is 5.69 Å². The quantitative estimate of drug-likeness (QED) is 0.442. The van der Waals surface area contributed by atoms with Crippen LogP contribution in [0.25, 0.3) is 6.08 Å². The van der Waals surface area contributed by atoms with Crippen LogP contribution in [0.1, 0.15) is 37.8 Å².